The molecule has 4 rings (SSSR count). The third-order valence-corrected chi connectivity index (χ3v) is 5.58. The number of carboxylic acids is 1. The molecular formula is C24H25N4O5+. The zero-order valence-electron chi connectivity index (χ0n) is 18.9. The molecule has 9 nitrogen and oxygen atoms in total. The zero-order chi connectivity index (χ0) is 23.6. The van der Waals surface area contributed by atoms with Gasteiger partial charge in [0.15, 0.2) is 0 Å². The van der Waals surface area contributed by atoms with Crippen molar-refractivity contribution >= 4 is 23.2 Å². The van der Waals surface area contributed by atoms with Gasteiger partial charge in [-0.2, -0.15) is 9.83 Å². The molecule has 1 aliphatic heterocycles. The molecule has 0 saturated carbocycles. The van der Waals surface area contributed by atoms with Gasteiger partial charge in [0.05, 0.1) is 19.8 Å². The van der Waals surface area contributed by atoms with Gasteiger partial charge in [-0.15, -0.1) is 10.2 Å². The van der Waals surface area contributed by atoms with Crippen molar-refractivity contribution < 1.29 is 24.2 Å². The van der Waals surface area contributed by atoms with Gasteiger partial charge in [0.2, 0.25) is 11.5 Å². The average Bonchev–Trinajstić information content (AvgIpc) is 3.11. The first-order valence-corrected chi connectivity index (χ1v) is 10.4. The lowest BCUT2D eigenvalue weighted by atomic mass is 9.98. The van der Waals surface area contributed by atoms with Crippen LogP contribution in [0.5, 0.6) is 11.8 Å². The van der Waals surface area contributed by atoms with Crippen molar-refractivity contribution in [1.82, 2.24) is 14.8 Å². The Morgan fingerprint density at radius 2 is 1.67 bits per heavy atom. The van der Waals surface area contributed by atoms with Gasteiger partial charge in [-0.05, 0) is 24.1 Å². The maximum absolute atomic E-state index is 11.6. The van der Waals surface area contributed by atoms with Crippen LogP contribution in [-0.2, 0) is 11.4 Å². The highest BCUT2D eigenvalue weighted by Crippen LogP contribution is 2.51. The molecule has 1 aliphatic rings. The second-order valence-corrected chi connectivity index (χ2v) is 7.44. The second kappa shape index (κ2) is 8.97. The minimum absolute atomic E-state index is 0.0358. The summed E-state index contributed by atoms with van der Waals surface area (Å²) >= 11 is 0. The van der Waals surface area contributed by atoms with Crippen LogP contribution in [0.15, 0.2) is 53.5 Å². The van der Waals surface area contributed by atoms with Crippen LogP contribution in [0, 0.1) is 0 Å². The second-order valence-electron chi connectivity index (χ2n) is 7.44. The summed E-state index contributed by atoms with van der Waals surface area (Å²) in [5.41, 5.74) is 3.86. The van der Waals surface area contributed by atoms with Crippen LogP contribution in [0.3, 0.4) is 0 Å². The number of carbonyl (C=O) groups is 1. The summed E-state index contributed by atoms with van der Waals surface area (Å²) in [5.74, 6) is 0.342. The molecule has 0 spiro atoms. The number of aromatic carboxylic acids is 1. The van der Waals surface area contributed by atoms with Gasteiger partial charge in [0.25, 0.3) is 11.6 Å². The van der Waals surface area contributed by atoms with Gasteiger partial charge in [-0.1, -0.05) is 47.1 Å². The Bertz CT molecular complexity index is 1230. The molecular weight excluding hydrogens is 424 g/mol. The number of amidine groups is 1. The number of fused-ring (bicyclic) bond motifs is 1. The minimum atomic E-state index is -0.960. The number of aliphatic imine (C=N–C) groups is 1. The van der Waals surface area contributed by atoms with Crippen LogP contribution in [0.25, 0.3) is 11.1 Å². The molecule has 170 valence electrons. The van der Waals surface area contributed by atoms with Gasteiger partial charge >= 0.3 is 11.8 Å². The maximum Gasteiger partial charge on any atom is 0.336 e. The van der Waals surface area contributed by atoms with Crippen molar-refractivity contribution in [1.29, 1.82) is 0 Å². The van der Waals surface area contributed by atoms with Gasteiger partial charge in [-0.3, -0.25) is 0 Å². The highest BCUT2D eigenvalue weighted by molar-refractivity contribution is 6.02. The number of hydroxylamine groups is 2. The highest BCUT2D eigenvalue weighted by Gasteiger charge is 2.50. The Balaban J connectivity index is 1.76. The standard InChI is InChI=1S/C24H24N4O5/c1-5-33-28(15(2)25-20-21(28)23(32-4)27-26-22(20)31-3)14-16-10-12-17(13-11-16)18-8-6-7-9-19(18)24(29)30/h6-13H,5,14H2,1-4H3/p+1. The fourth-order valence-corrected chi connectivity index (χ4v) is 4.08. The lowest BCUT2D eigenvalue weighted by Gasteiger charge is -2.30. The fourth-order valence-electron chi connectivity index (χ4n) is 4.08. The van der Waals surface area contributed by atoms with E-state index in [4.69, 9.17) is 14.3 Å². The maximum atomic E-state index is 11.6. The summed E-state index contributed by atoms with van der Waals surface area (Å²) in [7, 11) is 3.04. The number of nitrogens with zero attached hydrogens (tertiary/aromatic N) is 4. The van der Waals surface area contributed by atoms with E-state index in [2.05, 4.69) is 15.2 Å². The van der Waals surface area contributed by atoms with E-state index in [1.54, 1.807) is 18.2 Å². The molecule has 1 atom stereocenters. The Kier molecular flexibility index (Phi) is 6.08. The Hall–Kier alpha value is -3.82. The largest absolute Gasteiger partial charge is 0.478 e. The monoisotopic (exact) mass is 449 g/mol. The Morgan fingerprint density at radius 1 is 1.00 bits per heavy atom. The van der Waals surface area contributed by atoms with E-state index in [-0.39, 0.29) is 10.2 Å². The Morgan fingerprint density at radius 3 is 2.30 bits per heavy atom. The molecule has 0 saturated heterocycles. The molecule has 0 bridgehead atoms. The lowest BCUT2D eigenvalue weighted by molar-refractivity contribution is -0.0905. The highest BCUT2D eigenvalue weighted by atomic mass is 16.7. The summed E-state index contributed by atoms with van der Waals surface area (Å²) in [4.78, 5) is 22.6. The van der Waals surface area contributed by atoms with Crippen molar-refractivity contribution in [2.45, 2.75) is 20.4 Å². The number of rotatable bonds is 8. The molecule has 0 aliphatic carbocycles. The molecule has 3 aromatic rings. The van der Waals surface area contributed by atoms with Crippen LogP contribution in [0.2, 0.25) is 0 Å². The third-order valence-electron chi connectivity index (χ3n) is 5.58. The lowest BCUT2D eigenvalue weighted by Crippen LogP contribution is -2.50. The number of ether oxygens (including phenoxy) is 2. The van der Waals surface area contributed by atoms with Crippen LogP contribution >= 0.6 is 0 Å². The molecule has 33 heavy (non-hydrogen) atoms. The number of benzene rings is 2. The van der Waals surface area contributed by atoms with Gasteiger partial charge in [0, 0.05) is 12.5 Å². The molecule has 2 heterocycles. The summed E-state index contributed by atoms with van der Waals surface area (Å²) in [6.45, 7) is 4.63. The van der Waals surface area contributed by atoms with Crippen molar-refractivity contribution in [2.75, 3.05) is 20.8 Å². The molecule has 0 radical (unpaired) electrons. The van der Waals surface area contributed by atoms with Crippen molar-refractivity contribution in [3.8, 4) is 22.9 Å². The van der Waals surface area contributed by atoms with E-state index in [1.165, 1.54) is 14.2 Å². The summed E-state index contributed by atoms with van der Waals surface area (Å²) in [6, 6.07) is 14.7. The number of hydrogen-bond acceptors (Lipinski definition) is 7. The SMILES string of the molecule is CCO[N+]1(Cc2ccc(-c3ccccc3C(=O)O)cc2)C(C)=Nc2c(OC)nnc(OC)c21. The van der Waals surface area contributed by atoms with E-state index >= 15 is 0 Å². The molecule has 1 N–H and O–H groups in total. The zero-order valence-corrected chi connectivity index (χ0v) is 18.9. The topological polar surface area (TPSA) is 103 Å². The number of carboxylic acid groups (broad SMARTS) is 1. The fraction of sp³-hybridized carbons (Fsp3) is 0.250. The van der Waals surface area contributed by atoms with Crippen LogP contribution in [0.1, 0.15) is 29.8 Å². The normalized spacial score (nSPS) is 16.8. The van der Waals surface area contributed by atoms with Gasteiger partial charge < -0.3 is 14.6 Å². The van der Waals surface area contributed by atoms with E-state index in [0.717, 1.165) is 11.1 Å². The first-order chi connectivity index (χ1) is 15.9. The molecule has 1 unspecified atom stereocenters. The van der Waals surface area contributed by atoms with Crippen molar-refractivity contribution in [2.24, 2.45) is 4.99 Å². The molecule has 1 aromatic heterocycles. The summed E-state index contributed by atoms with van der Waals surface area (Å²) in [6.07, 6.45) is 0. The molecule has 9 heteroatoms. The van der Waals surface area contributed by atoms with Crippen LogP contribution in [-0.4, -0.2) is 47.9 Å². The summed E-state index contributed by atoms with van der Waals surface area (Å²) in [5, 5.41) is 17.7. The molecule has 2 aromatic carbocycles. The van der Waals surface area contributed by atoms with Gasteiger partial charge in [0.1, 0.15) is 13.2 Å². The van der Waals surface area contributed by atoms with Crippen molar-refractivity contribution in [3.05, 3.63) is 59.7 Å². The summed E-state index contributed by atoms with van der Waals surface area (Å²) < 4.78 is 10.8. The number of methoxy groups -OCH3 is 2. The average molecular weight is 449 g/mol. The van der Waals surface area contributed by atoms with E-state index < -0.39 is 5.97 Å². The van der Waals surface area contributed by atoms with Gasteiger partial charge in [-0.25, -0.2) is 4.79 Å². The van der Waals surface area contributed by atoms with E-state index in [9.17, 15) is 9.90 Å². The number of hydrogen-bond donors (Lipinski definition) is 1. The number of quaternary nitrogens is 1. The smallest absolute Gasteiger partial charge is 0.336 e. The quantitative estimate of drug-likeness (QED) is 0.509. The molecule has 0 fully saturated rings. The molecule has 0 amide bonds. The van der Waals surface area contributed by atoms with Crippen LogP contribution < -0.4 is 14.1 Å². The van der Waals surface area contributed by atoms with E-state index in [1.807, 2.05) is 44.2 Å². The Labute approximate surface area is 191 Å². The predicted molar refractivity (Wildman–Crippen MR) is 124 cm³/mol. The first-order valence-electron chi connectivity index (χ1n) is 10.4. The number of aromatic nitrogens is 2. The third kappa shape index (κ3) is 3.81. The van der Waals surface area contributed by atoms with Crippen LogP contribution in [0.4, 0.5) is 11.4 Å². The minimum Gasteiger partial charge on any atom is -0.478 e. The predicted octanol–water partition coefficient (Wildman–Crippen LogP) is 4.38. The van der Waals surface area contributed by atoms with E-state index in [0.29, 0.717) is 47.7 Å². The first kappa shape index (κ1) is 22.4. The van der Waals surface area contributed by atoms with Crippen molar-refractivity contribution in [3.63, 3.8) is 0 Å².